The number of hydrogen-bond donors (Lipinski definition) is 1. The molecule has 1 saturated carbocycles. The highest BCUT2D eigenvalue weighted by Crippen LogP contribution is 2.38. The molecule has 0 spiro atoms. The van der Waals surface area contributed by atoms with Gasteiger partial charge in [-0.15, -0.1) is 0 Å². The van der Waals surface area contributed by atoms with Crippen molar-refractivity contribution < 1.29 is 9.84 Å². The predicted octanol–water partition coefficient (Wildman–Crippen LogP) is 2.21. The molecule has 0 saturated heterocycles. The molecule has 1 aliphatic carbocycles. The molecule has 1 fully saturated rings. The standard InChI is InChI=1S/C11H22O2/c1-9(2)11(12,8-13-3)10-6-4-5-7-10/h9-10,12H,4-8H2,1-3H3. The molecule has 0 aromatic carbocycles. The van der Waals surface area contributed by atoms with Crippen LogP contribution >= 0.6 is 0 Å². The Morgan fingerprint density at radius 3 is 2.31 bits per heavy atom. The third-order valence-electron chi connectivity index (χ3n) is 3.44. The first-order valence-corrected chi connectivity index (χ1v) is 5.32. The number of hydrogen-bond acceptors (Lipinski definition) is 2. The van der Waals surface area contributed by atoms with Gasteiger partial charge >= 0.3 is 0 Å². The largest absolute Gasteiger partial charge is 0.387 e. The van der Waals surface area contributed by atoms with Crippen LogP contribution in [0.1, 0.15) is 39.5 Å². The van der Waals surface area contributed by atoms with E-state index < -0.39 is 5.60 Å². The van der Waals surface area contributed by atoms with Gasteiger partial charge in [0.05, 0.1) is 12.2 Å². The van der Waals surface area contributed by atoms with E-state index in [1.165, 1.54) is 12.8 Å². The Labute approximate surface area is 81.3 Å². The molecule has 1 unspecified atom stereocenters. The summed E-state index contributed by atoms with van der Waals surface area (Å²) < 4.78 is 5.13. The van der Waals surface area contributed by atoms with E-state index in [1.807, 2.05) is 0 Å². The molecule has 0 heterocycles. The highest BCUT2D eigenvalue weighted by molar-refractivity contribution is 4.91. The Bertz CT molecular complexity index is 150. The second-order valence-electron chi connectivity index (χ2n) is 4.56. The third-order valence-corrected chi connectivity index (χ3v) is 3.44. The van der Waals surface area contributed by atoms with Gasteiger partial charge in [-0.05, 0) is 24.7 Å². The summed E-state index contributed by atoms with van der Waals surface area (Å²) in [5.74, 6) is 0.739. The smallest absolute Gasteiger partial charge is 0.0930 e. The second kappa shape index (κ2) is 4.43. The summed E-state index contributed by atoms with van der Waals surface area (Å²) in [5, 5.41) is 10.5. The molecule has 1 N–H and O–H groups in total. The molecule has 78 valence electrons. The van der Waals surface area contributed by atoms with Crippen LogP contribution in [0.2, 0.25) is 0 Å². The Kier molecular flexibility index (Phi) is 3.74. The Balaban J connectivity index is 2.64. The van der Waals surface area contributed by atoms with Gasteiger partial charge in [0, 0.05) is 7.11 Å². The minimum Gasteiger partial charge on any atom is -0.387 e. The fourth-order valence-corrected chi connectivity index (χ4v) is 2.41. The number of aliphatic hydroxyl groups is 1. The molecule has 1 atom stereocenters. The molecule has 2 heteroatoms. The highest BCUT2D eigenvalue weighted by atomic mass is 16.5. The fraction of sp³-hybridized carbons (Fsp3) is 1.00. The normalized spacial score (nSPS) is 23.8. The summed E-state index contributed by atoms with van der Waals surface area (Å²) in [5.41, 5.74) is -0.592. The van der Waals surface area contributed by atoms with Gasteiger partial charge in [-0.3, -0.25) is 0 Å². The summed E-state index contributed by atoms with van der Waals surface area (Å²) in [4.78, 5) is 0. The lowest BCUT2D eigenvalue weighted by Crippen LogP contribution is -2.46. The van der Waals surface area contributed by atoms with E-state index >= 15 is 0 Å². The van der Waals surface area contributed by atoms with Crippen molar-refractivity contribution in [3.8, 4) is 0 Å². The molecule has 0 aromatic heterocycles. The third kappa shape index (κ3) is 2.23. The summed E-state index contributed by atoms with van der Waals surface area (Å²) in [6, 6.07) is 0. The minimum absolute atomic E-state index is 0.288. The predicted molar refractivity (Wildman–Crippen MR) is 53.6 cm³/mol. The van der Waals surface area contributed by atoms with Gasteiger partial charge in [-0.25, -0.2) is 0 Å². The lowest BCUT2D eigenvalue weighted by atomic mass is 9.78. The summed E-state index contributed by atoms with van der Waals surface area (Å²) in [6.45, 7) is 4.64. The van der Waals surface area contributed by atoms with Crippen LogP contribution in [0.4, 0.5) is 0 Å². The van der Waals surface area contributed by atoms with Gasteiger partial charge < -0.3 is 9.84 Å². The maximum Gasteiger partial charge on any atom is 0.0930 e. The van der Waals surface area contributed by atoms with Crippen molar-refractivity contribution in [2.45, 2.75) is 45.1 Å². The number of methoxy groups -OCH3 is 1. The SMILES string of the molecule is COCC(O)(C(C)C)C1CCCC1. The van der Waals surface area contributed by atoms with Crippen molar-refractivity contribution in [1.82, 2.24) is 0 Å². The van der Waals surface area contributed by atoms with Crippen LogP contribution in [0.15, 0.2) is 0 Å². The van der Waals surface area contributed by atoms with Crippen LogP contribution in [0, 0.1) is 11.8 Å². The van der Waals surface area contributed by atoms with E-state index in [0.717, 1.165) is 12.8 Å². The van der Waals surface area contributed by atoms with Crippen molar-refractivity contribution in [2.24, 2.45) is 11.8 Å². The molecule has 0 radical (unpaired) electrons. The zero-order valence-electron chi connectivity index (χ0n) is 9.05. The second-order valence-corrected chi connectivity index (χ2v) is 4.56. The van der Waals surface area contributed by atoms with Gasteiger partial charge in [0.2, 0.25) is 0 Å². The van der Waals surface area contributed by atoms with Crippen LogP contribution in [0.5, 0.6) is 0 Å². The first-order valence-electron chi connectivity index (χ1n) is 5.32. The van der Waals surface area contributed by atoms with Crippen LogP contribution in [0.25, 0.3) is 0 Å². The molecule has 0 bridgehead atoms. The molecule has 0 amide bonds. The number of ether oxygens (including phenoxy) is 1. The van der Waals surface area contributed by atoms with Crippen molar-refractivity contribution in [1.29, 1.82) is 0 Å². The molecular weight excluding hydrogens is 164 g/mol. The average Bonchev–Trinajstić information content (AvgIpc) is 2.56. The lowest BCUT2D eigenvalue weighted by Gasteiger charge is -2.37. The van der Waals surface area contributed by atoms with Gasteiger partial charge in [-0.1, -0.05) is 26.7 Å². The molecule has 1 rings (SSSR count). The maximum atomic E-state index is 10.5. The Hall–Kier alpha value is -0.0800. The van der Waals surface area contributed by atoms with Gasteiger partial charge in [0.25, 0.3) is 0 Å². The molecule has 0 aromatic rings. The summed E-state index contributed by atoms with van der Waals surface area (Å²) in [6.07, 6.45) is 4.86. The van der Waals surface area contributed by atoms with Crippen molar-refractivity contribution in [3.63, 3.8) is 0 Å². The lowest BCUT2D eigenvalue weighted by molar-refractivity contribution is -0.104. The van der Waals surface area contributed by atoms with Crippen molar-refractivity contribution in [2.75, 3.05) is 13.7 Å². The van der Waals surface area contributed by atoms with E-state index in [4.69, 9.17) is 4.74 Å². The van der Waals surface area contributed by atoms with Crippen molar-refractivity contribution in [3.05, 3.63) is 0 Å². The first-order chi connectivity index (χ1) is 6.11. The van der Waals surface area contributed by atoms with Crippen LogP contribution in [-0.4, -0.2) is 24.4 Å². The quantitative estimate of drug-likeness (QED) is 0.729. The van der Waals surface area contributed by atoms with E-state index in [9.17, 15) is 5.11 Å². The fourth-order valence-electron chi connectivity index (χ4n) is 2.41. The Morgan fingerprint density at radius 1 is 1.38 bits per heavy atom. The van der Waals surface area contributed by atoms with Crippen LogP contribution in [-0.2, 0) is 4.74 Å². The molecule has 1 aliphatic rings. The first kappa shape index (κ1) is 11.0. The zero-order valence-corrected chi connectivity index (χ0v) is 9.05. The average molecular weight is 186 g/mol. The maximum absolute atomic E-state index is 10.5. The minimum atomic E-state index is -0.592. The van der Waals surface area contributed by atoms with E-state index in [0.29, 0.717) is 12.5 Å². The van der Waals surface area contributed by atoms with E-state index in [2.05, 4.69) is 13.8 Å². The Morgan fingerprint density at radius 2 is 1.92 bits per heavy atom. The molecule has 2 nitrogen and oxygen atoms in total. The highest BCUT2D eigenvalue weighted by Gasteiger charge is 2.40. The molecule has 0 aliphatic heterocycles. The molecular formula is C11H22O2. The number of rotatable bonds is 4. The van der Waals surface area contributed by atoms with Crippen LogP contribution in [0.3, 0.4) is 0 Å². The van der Waals surface area contributed by atoms with Crippen molar-refractivity contribution >= 4 is 0 Å². The summed E-state index contributed by atoms with van der Waals surface area (Å²) in [7, 11) is 1.67. The van der Waals surface area contributed by atoms with E-state index in [-0.39, 0.29) is 5.92 Å². The van der Waals surface area contributed by atoms with Crippen LogP contribution < -0.4 is 0 Å². The molecule has 13 heavy (non-hydrogen) atoms. The van der Waals surface area contributed by atoms with E-state index in [1.54, 1.807) is 7.11 Å². The van der Waals surface area contributed by atoms with Gasteiger partial charge in [0.1, 0.15) is 0 Å². The zero-order chi connectivity index (χ0) is 9.90. The van der Waals surface area contributed by atoms with Gasteiger partial charge in [0.15, 0.2) is 0 Å². The van der Waals surface area contributed by atoms with Gasteiger partial charge in [-0.2, -0.15) is 0 Å². The monoisotopic (exact) mass is 186 g/mol. The summed E-state index contributed by atoms with van der Waals surface area (Å²) >= 11 is 0. The topological polar surface area (TPSA) is 29.5 Å².